The van der Waals surface area contributed by atoms with Crippen LogP contribution >= 0.6 is 0 Å². The summed E-state index contributed by atoms with van der Waals surface area (Å²) < 4.78 is 0. The van der Waals surface area contributed by atoms with Gasteiger partial charge in [-0.15, -0.1) is 0 Å². The molecule has 0 aliphatic rings. The van der Waals surface area contributed by atoms with E-state index in [1.54, 1.807) is 0 Å². The number of guanidine groups is 1. The van der Waals surface area contributed by atoms with Crippen molar-refractivity contribution in [1.82, 2.24) is 9.80 Å². The molecule has 0 aromatic carbocycles. The molecule has 102 valence electrons. The van der Waals surface area contributed by atoms with E-state index in [1.807, 2.05) is 0 Å². The maximum absolute atomic E-state index is 5.90. The number of nitrogens with zero attached hydrogens (tertiary/aromatic N) is 3. The molecule has 0 aliphatic carbocycles. The van der Waals surface area contributed by atoms with E-state index in [0.717, 1.165) is 39.1 Å². The van der Waals surface area contributed by atoms with Crippen LogP contribution in [0.4, 0.5) is 0 Å². The molecule has 2 N–H and O–H groups in total. The van der Waals surface area contributed by atoms with Crippen LogP contribution in [-0.4, -0.2) is 55.0 Å². The van der Waals surface area contributed by atoms with Gasteiger partial charge in [-0.3, -0.25) is 4.99 Å². The van der Waals surface area contributed by atoms with Crippen LogP contribution in [0.25, 0.3) is 0 Å². The second-order valence-electron chi connectivity index (χ2n) is 4.15. The van der Waals surface area contributed by atoms with Gasteiger partial charge in [-0.2, -0.15) is 0 Å². The molecular weight excluding hydrogens is 212 g/mol. The number of hydrogen-bond donors (Lipinski definition) is 1. The summed E-state index contributed by atoms with van der Waals surface area (Å²) >= 11 is 0. The van der Waals surface area contributed by atoms with Crippen LogP contribution in [0.1, 0.15) is 40.5 Å². The molecule has 0 rings (SSSR count). The fourth-order valence-electron chi connectivity index (χ4n) is 1.83. The standard InChI is InChI=1S/C13H30N4/c1-5-16(6-2)12-10-9-11-15-13(14)17(7-3)8-4/h5-12H2,1-4H3,(H2,14,15). The van der Waals surface area contributed by atoms with Crippen molar-refractivity contribution in [3.63, 3.8) is 0 Å². The molecule has 0 atom stereocenters. The summed E-state index contributed by atoms with van der Waals surface area (Å²) in [6.45, 7) is 14.8. The lowest BCUT2D eigenvalue weighted by molar-refractivity contribution is 0.297. The Labute approximate surface area is 107 Å². The maximum Gasteiger partial charge on any atom is 0.191 e. The van der Waals surface area contributed by atoms with Crippen LogP contribution in [0.3, 0.4) is 0 Å². The zero-order valence-corrected chi connectivity index (χ0v) is 12.1. The Hall–Kier alpha value is -0.770. The highest BCUT2D eigenvalue weighted by Gasteiger charge is 2.01. The molecule has 0 heterocycles. The molecule has 0 saturated carbocycles. The minimum absolute atomic E-state index is 0.692. The summed E-state index contributed by atoms with van der Waals surface area (Å²) in [5, 5.41) is 0. The Morgan fingerprint density at radius 2 is 1.53 bits per heavy atom. The number of aliphatic imine (C=N–C) groups is 1. The zero-order valence-electron chi connectivity index (χ0n) is 12.1. The van der Waals surface area contributed by atoms with Crippen molar-refractivity contribution in [1.29, 1.82) is 0 Å². The first-order valence-corrected chi connectivity index (χ1v) is 6.96. The number of hydrogen-bond acceptors (Lipinski definition) is 2. The third-order valence-corrected chi connectivity index (χ3v) is 3.14. The summed E-state index contributed by atoms with van der Waals surface area (Å²) in [6, 6.07) is 0. The van der Waals surface area contributed by atoms with Gasteiger partial charge in [0.25, 0.3) is 0 Å². The predicted octanol–water partition coefficient (Wildman–Crippen LogP) is 1.76. The third kappa shape index (κ3) is 7.21. The van der Waals surface area contributed by atoms with Crippen LogP contribution in [0.15, 0.2) is 4.99 Å². The van der Waals surface area contributed by atoms with Crippen molar-refractivity contribution in [2.75, 3.05) is 39.3 Å². The van der Waals surface area contributed by atoms with Crippen molar-refractivity contribution >= 4 is 5.96 Å². The summed E-state index contributed by atoms with van der Waals surface area (Å²) in [5.74, 6) is 0.692. The predicted molar refractivity (Wildman–Crippen MR) is 76.4 cm³/mol. The number of unbranched alkanes of at least 4 members (excludes halogenated alkanes) is 1. The molecular formula is C13H30N4. The summed E-state index contributed by atoms with van der Waals surface area (Å²) in [5.41, 5.74) is 5.90. The van der Waals surface area contributed by atoms with Gasteiger partial charge in [0.2, 0.25) is 0 Å². The third-order valence-electron chi connectivity index (χ3n) is 3.14. The molecule has 0 unspecified atom stereocenters. The van der Waals surface area contributed by atoms with Gasteiger partial charge in [0.05, 0.1) is 0 Å². The molecule has 0 fully saturated rings. The van der Waals surface area contributed by atoms with Gasteiger partial charge in [0.1, 0.15) is 0 Å². The molecule has 0 radical (unpaired) electrons. The van der Waals surface area contributed by atoms with Crippen LogP contribution < -0.4 is 5.73 Å². The van der Waals surface area contributed by atoms with Crippen molar-refractivity contribution in [2.24, 2.45) is 10.7 Å². The molecule has 4 heteroatoms. The lowest BCUT2D eigenvalue weighted by atomic mass is 10.3. The van der Waals surface area contributed by atoms with Gasteiger partial charge in [-0.05, 0) is 46.3 Å². The number of rotatable bonds is 9. The van der Waals surface area contributed by atoms with Gasteiger partial charge >= 0.3 is 0 Å². The zero-order chi connectivity index (χ0) is 13.1. The van der Waals surface area contributed by atoms with Crippen LogP contribution in [-0.2, 0) is 0 Å². The quantitative estimate of drug-likeness (QED) is 0.381. The highest BCUT2D eigenvalue weighted by atomic mass is 15.2. The Balaban J connectivity index is 3.71. The first kappa shape index (κ1) is 16.2. The van der Waals surface area contributed by atoms with Crippen molar-refractivity contribution in [3.8, 4) is 0 Å². The molecule has 0 amide bonds. The first-order chi connectivity index (χ1) is 8.19. The second-order valence-corrected chi connectivity index (χ2v) is 4.15. The summed E-state index contributed by atoms with van der Waals surface area (Å²) in [7, 11) is 0. The normalized spacial score (nSPS) is 12.2. The second kappa shape index (κ2) is 10.4. The largest absolute Gasteiger partial charge is 0.370 e. The summed E-state index contributed by atoms with van der Waals surface area (Å²) in [4.78, 5) is 8.95. The van der Waals surface area contributed by atoms with E-state index < -0.39 is 0 Å². The maximum atomic E-state index is 5.90. The van der Waals surface area contributed by atoms with Gasteiger partial charge in [-0.1, -0.05) is 13.8 Å². The van der Waals surface area contributed by atoms with Crippen LogP contribution in [0.5, 0.6) is 0 Å². The molecule has 0 aromatic heterocycles. The Morgan fingerprint density at radius 1 is 0.941 bits per heavy atom. The topological polar surface area (TPSA) is 44.9 Å². The minimum Gasteiger partial charge on any atom is -0.370 e. The SMILES string of the molecule is CCN(CC)CCCCN=C(N)N(CC)CC. The lowest BCUT2D eigenvalue weighted by Crippen LogP contribution is -2.37. The molecule has 0 spiro atoms. The highest BCUT2D eigenvalue weighted by Crippen LogP contribution is 1.96. The van der Waals surface area contributed by atoms with E-state index in [9.17, 15) is 0 Å². The van der Waals surface area contributed by atoms with E-state index in [2.05, 4.69) is 42.5 Å². The van der Waals surface area contributed by atoms with E-state index in [0.29, 0.717) is 5.96 Å². The number of nitrogens with two attached hydrogens (primary N) is 1. The lowest BCUT2D eigenvalue weighted by Gasteiger charge is -2.19. The minimum atomic E-state index is 0.692. The van der Waals surface area contributed by atoms with Crippen molar-refractivity contribution in [3.05, 3.63) is 0 Å². The molecule has 0 saturated heterocycles. The highest BCUT2D eigenvalue weighted by molar-refractivity contribution is 5.77. The van der Waals surface area contributed by atoms with Gasteiger partial charge in [0, 0.05) is 19.6 Å². The Bertz CT molecular complexity index is 196. The first-order valence-electron chi connectivity index (χ1n) is 6.96. The van der Waals surface area contributed by atoms with Crippen LogP contribution in [0.2, 0.25) is 0 Å². The average molecular weight is 242 g/mol. The molecule has 0 aromatic rings. The molecule has 0 aliphatic heterocycles. The molecule has 17 heavy (non-hydrogen) atoms. The smallest absolute Gasteiger partial charge is 0.191 e. The fourth-order valence-corrected chi connectivity index (χ4v) is 1.83. The van der Waals surface area contributed by atoms with Gasteiger partial charge in [0.15, 0.2) is 5.96 Å². The Kier molecular flexibility index (Phi) is 9.92. The van der Waals surface area contributed by atoms with E-state index >= 15 is 0 Å². The summed E-state index contributed by atoms with van der Waals surface area (Å²) in [6.07, 6.45) is 2.33. The van der Waals surface area contributed by atoms with E-state index in [-0.39, 0.29) is 0 Å². The van der Waals surface area contributed by atoms with E-state index in [1.165, 1.54) is 13.0 Å². The van der Waals surface area contributed by atoms with Crippen molar-refractivity contribution < 1.29 is 0 Å². The van der Waals surface area contributed by atoms with Crippen LogP contribution in [0, 0.1) is 0 Å². The van der Waals surface area contributed by atoms with Crippen molar-refractivity contribution in [2.45, 2.75) is 40.5 Å². The molecule has 4 nitrogen and oxygen atoms in total. The monoisotopic (exact) mass is 242 g/mol. The van der Waals surface area contributed by atoms with Gasteiger partial charge in [-0.25, -0.2) is 0 Å². The van der Waals surface area contributed by atoms with E-state index in [4.69, 9.17) is 5.73 Å². The van der Waals surface area contributed by atoms with Gasteiger partial charge < -0.3 is 15.5 Å². The molecule has 0 bridgehead atoms. The Morgan fingerprint density at radius 3 is 2.00 bits per heavy atom. The fraction of sp³-hybridized carbons (Fsp3) is 0.923. The average Bonchev–Trinajstić information content (AvgIpc) is 2.35.